The van der Waals surface area contributed by atoms with Crippen LogP contribution in [0.1, 0.15) is 50.0 Å². The van der Waals surface area contributed by atoms with E-state index in [1.807, 2.05) is 22.2 Å². The fourth-order valence-corrected chi connectivity index (χ4v) is 4.98. The number of amides is 2. The molecule has 5 nitrogen and oxygen atoms in total. The number of benzene rings is 1. The van der Waals surface area contributed by atoms with Crippen LogP contribution in [0.25, 0.3) is 10.8 Å². The van der Waals surface area contributed by atoms with Crippen molar-refractivity contribution in [3.8, 4) is 0 Å². The second kappa shape index (κ2) is 7.19. The summed E-state index contributed by atoms with van der Waals surface area (Å²) in [5, 5.41) is 2.46. The number of carbonyl (C=O) groups excluding carboxylic acids is 2. The van der Waals surface area contributed by atoms with Crippen molar-refractivity contribution in [3.63, 3.8) is 0 Å². The maximum absolute atomic E-state index is 13.1. The van der Waals surface area contributed by atoms with Crippen molar-refractivity contribution in [1.29, 1.82) is 0 Å². The summed E-state index contributed by atoms with van der Waals surface area (Å²) >= 11 is 0. The Bertz CT molecular complexity index is 894. The molecular formula is C23H27N3O2. The molecule has 1 atom stereocenters. The average molecular weight is 377 g/mol. The Morgan fingerprint density at radius 1 is 0.929 bits per heavy atom. The van der Waals surface area contributed by atoms with Gasteiger partial charge in [0, 0.05) is 43.3 Å². The minimum Gasteiger partial charge on any atom is -0.341 e. The molecule has 5 heteroatoms. The molecule has 1 saturated carbocycles. The van der Waals surface area contributed by atoms with Gasteiger partial charge in [-0.15, -0.1) is 0 Å². The maximum Gasteiger partial charge on any atom is 0.245 e. The average Bonchev–Trinajstić information content (AvgIpc) is 3.49. The lowest BCUT2D eigenvalue weighted by molar-refractivity contribution is -0.145. The van der Waals surface area contributed by atoms with Gasteiger partial charge in [-0.25, -0.2) is 0 Å². The van der Waals surface area contributed by atoms with Crippen LogP contribution in [0.15, 0.2) is 36.7 Å². The Kier molecular flexibility index (Phi) is 4.53. The number of hydrogen-bond acceptors (Lipinski definition) is 3. The van der Waals surface area contributed by atoms with Crippen molar-refractivity contribution in [2.45, 2.75) is 50.5 Å². The SMILES string of the molecule is O=C(C1CCCN1C(=O)C1CC1)N1CCC(c2cccc3cnccc23)CC1. The highest BCUT2D eigenvalue weighted by molar-refractivity contribution is 5.90. The molecule has 1 aromatic heterocycles. The third kappa shape index (κ3) is 3.17. The third-order valence-corrected chi connectivity index (χ3v) is 6.71. The highest BCUT2D eigenvalue weighted by Gasteiger charge is 2.42. The zero-order valence-electron chi connectivity index (χ0n) is 16.2. The molecule has 2 aliphatic heterocycles. The molecule has 28 heavy (non-hydrogen) atoms. The number of nitrogens with zero attached hydrogens (tertiary/aromatic N) is 3. The molecule has 3 fully saturated rings. The lowest BCUT2D eigenvalue weighted by Gasteiger charge is -2.36. The Morgan fingerprint density at radius 2 is 1.75 bits per heavy atom. The van der Waals surface area contributed by atoms with Crippen LogP contribution in [0.3, 0.4) is 0 Å². The number of hydrogen-bond donors (Lipinski definition) is 0. The van der Waals surface area contributed by atoms with E-state index in [4.69, 9.17) is 0 Å². The van der Waals surface area contributed by atoms with Crippen molar-refractivity contribution < 1.29 is 9.59 Å². The molecule has 2 saturated heterocycles. The third-order valence-electron chi connectivity index (χ3n) is 6.71. The fourth-order valence-electron chi connectivity index (χ4n) is 4.98. The van der Waals surface area contributed by atoms with E-state index in [9.17, 15) is 9.59 Å². The molecule has 3 heterocycles. The highest BCUT2D eigenvalue weighted by Crippen LogP contribution is 2.36. The quantitative estimate of drug-likeness (QED) is 0.824. The van der Waals surface area contributed by atoms with E-state index in [1.54, 1.807) is 0 Å². The molecule has 2 aromatic rings. The normalized spacial score (nSPS) is 23.4. The van der Waals surface area contributed by atoms with E-state index in [1.165, 1.54) is 16.3 Å². The van der Waals surface area contributed by atoms with Crippen LogP contribution in [0.5, 0.6) is 0 Å². The first-order chi connectivity index (χ1) is 13.7. The molecule has 0 spiro atoms. The molecule has 1 aromatic carbocycles. The van der Waals surface area contributed by atoms with Crippen LogP contribution < -0.4 is 0 Å². The number of piperidine rings is 1. The molecule has 1 unspecified atom stereocenters. The van der Waals surface area contributed by atoms with E-state index in [-0.39, 0.29) is 23.8 Å². The van der Waals surface area contributed by atoms with Crippen molar-refractivity contribution in [2.75, 3.05) is 19.6 Å². The number of fused-ring (bicyclic) bond motifs is 1. The first-order valence-corrected chi connectivity index (χ1v) is 10.6. The zero-order valence-corrected chi connectivity index (χ0v) is 16.2. The number of rotatable bonds is 3. The van der Waals surface area contributed by atoms with Crippen LogP contribution >= 0.6 is 0 Å². The number of aromatic nitrogens is 1. The summed E-state index contributed by atoms with van der Waals surface area (Å²) in [6, 6.07) is 8.32. The molecule has 146 valence electrons. The number of pyridine rings is 1. The van der Waals surface area contributed by atoms with Crippen LogP contribution in [-0.4, -0.2) is 52.3 Å². The summed E-state index contributed by atoms with van der Waals surface area (Å²) in [5.74, 6) is 1.06. The Labute approximate surface area is 165 Å². The molecule has 3 aliphatic rings. The summed E-state index contributed by atoms with van der Waals surface area (Å²) in [7, 11) is 0. The molecule has 0 radical (unpaired) electrons. The molecule has 1 aliphatic carbocycles. The summed E-state index contributed by atoms with van der Waals surface area (Å²) in [6.45, 7) is 2.33. The van der Waals surface area contributed by atoms with Gasteiger partial charge < -0.3 is 9.80 Å². The zero-order chi connectivity index (χ0) is 19.1. The van der Waals surface area contributed by atoms with Crippen LogP contribution in [-0.2, 0) is 9.59 Å². The van der Waals surface area contributed by atoms with Crippen LogP contribution in [0.2, 0.25) is 0 Å². The largest absolute Gasteiger partial charge is 0.341 e. The smallest absolute Gasteiger partial charge is 0.245 e. The van der Waals surface area contributed by atoms with Gasteiger partial charge in [-0.1, -0.05) is 18.2 Å². The van der Waals surface area contributed by atoms with E-state index in [0.29, 0.717) is 5.92 Å². The van der Waals surface area contributed by atoms with Gasteiger partial charge in [-0.2, -0.15) is 0 Å². The predicted octanol–water partition coefficient (Wildman–Crippen LogP) is 3.34. The van der Waals surface area contributed by atoms with Gasteiger partial charge in [0.25, 0.3) is 0 Å². The van der Waals surface area contributed by atoms with Crippen LogP contribution in [0, 0.1) is 5.92 Å². The van der Waals surface area contributed by atoms with Gasteiger partial charge in [0.2, 0.25) is 11.8 Å². The second-order valence-electron chi connectivity index (χ2n) is 8.51. The molecule has 0 bridgehead atoms. The Morgan fingerprint density at radius 3 is 2.54 bits per heavy atom. The van der Waals surface area contributed by atoms with Crippen molar-refractivity contribution in [1.82, 2.24) is 14.8 Å². The molecule has 0 N–H and O–H groups in total. The monoisotopic (exact) mass is 377 g/mol. The first-order valence-electron chi connectivity index (χ1n) is 10.6. The Hall–Kier alpha value is -2.43. The number of likely N-dealkylation sites (tertiary alicyclic amines) is 2. The maximum atomic E-state index is 13.1. The van der Waals surface area contributed by atoms with Gasteiger partial charge >= 0.3 is 0 Å². The Balaban J connectivity index is 1.26. The standard InChI is InChI=1S/C23H27N3O2/c27-22(17-6-7-17)26-12-2-5-21(26)23(28)25-13-9-16(10-14-25)19-4-1-3-18-15-24-11-8-20(18)19/h1,3-4,8,11,15-17,21H,2,5-7,9-10,12-14H2. The fraction of sp³-hybridized carbons (Fsp3) is 0.522. The summed E-state index contributed by atoms with van der Waals surface area (Å²) in [4.78, 5) is 33.8. The molecule has 5 rings (SSSR count). The first kappa shape index (κ1) is 17.7. The van der Waals surface area contributed by atoms with Gasteiger partial charge in [-0.05, 0) is 61.5 Å². The summed E-state index contributed by atoms with van der Waals surface area (Å²) in [5.41, 5.74) is 1.37. The van der Waals surface area contributed by atoms with Crippen molar-refractivity contribution in [2.24, 2.45) is 5.92 Å². The van der Waals surface area contributed by atoms with E-state index >= 15 is 0 Å². The highest BCUT2D eigenvalue weighted by atomic mass is 16.2. The van der Waals surface area contributed by atoms with Gasteiger partial charge in [0.1, 0.15) is 6.04 Å². The molecule has 2 amide bonds. The minimum atomic E-state index is -0.215. The lowest BCUT2D eigenvalue weighted by Crippen LogP contribution is -2.50. The van der Waals surface area contributed by atoms with E-state index < -0.39 is 0 Å². The van der Waals surface area contributed by atoms with Gasteiger partial charge in [0.15, 0.2) is 0 Å². The van der Waals surface area contributed by atoms with E-state index in [2.05, 4.69) is 29.2 Å². The predicted molar refractivity (Wildman–Crippen MR) is 108 cm³/mol. The molecular weight excluding hydrogens is 350 g/mol. The topological polar surface area (TPSA) is 53.5 Å². The lowest BCUT2D eigenvalue weighted by atomic mass is 9.86. The van der Waals surface area contributed by atoms with Crippen molar-refractivity contribution in [3.05, 3.63) is 42.2 Å². The minimum absolute atomic E-state index is 0.173. The van der Waals surface area contributed by atoms with Gasteiger partial charge in [-0.3, -0.25) is 14.6 Å². The van der Waals surface area contributed by atoms with E-state index in [0.717, 1.165) is 58.2 Å². The van der Waals surface area contributed by atoms with Gasteiger partial charge in [0.05, 0.1) is 0 Å². The second-order valence-corrected chi connectivity index (χ2v) is 8.51. The van der Waals surface area contributed by atoms with Crippen LogP contribution in [0.4, 0.5) is 0 Å². The number of carbonyl (C=O) groups is 2. The summed E-state index contributed by atoms with van der Waals surface area (Å²) in [6.07, 6.45) is 9.53. The summed E-state index contributed by atoms with van der Waals surface area (Å²) < 4.78 is 0. The van der Waals surface area contributed by atoms with Crippen molar-refractivity contribution >= 4 is 22.6 Å².